The highest BCUT2D eigenvalue weighted by Crippen LogP contribution is 2.60. The number of nitrogens with one attached hydrogen (secondary N) is 1. The first-order valence-corrected chi connectivity index (χ1v) is 10.0. The van der Waals surface area contributed by atoms with E-state index in [0.717, 1.165) is 43.4 Å². The van der Waals surface area contributed by atoms with Crippen molar-refractivity contribution in [1.82, 2.24) is 15.1 Å². The third-order valence-electron chi connectivity index (χ3n) is 7.45. The molecule has 5 aliphatic carbocycles. The van der Waals surface area contributed by atoms with Gasteiger partial charge < -0.3 is 5.32 Å². The molecule has 5 aliphatic rings. The number of carbonyl (C=O) groups excluding carboxylic acids is 1. The van der Waals surface area contributed by atoms with E-state index in [0.29, 0.717) is 18.0 Å². The van der Waals surface area contributed by atoms with E-state index < -0.39 is 0 Å². The maximum atomic E-state index is 13.1. The molecule has 1 aromatic heterocycles. The van der Waals surface area contributed by atoms with Crippen molar-refractivity contribution in [3.8, 4) is 0 Å². The van der Waals surface area contributed by atoms with Crippen molar-refractivity contribution < 1.29 is 4.79 Å². The molecule has 0 saturated heterocycles. The van der Waals surface area contributed by atoms with Crippen LogP contribution in [0.25, 0.3) is 0 Å². The Morgan fingerprint density at radius 1 is 1.00 bits per heavy atom. The normalized spacial score (nSPS) is 43.8. The van der Waals surface area contributed by atoms with Crippen LogP contribution in [0.5, 0.6) is 0 Å². The lowest BCUT2D eigenvalue weighted by Gasteiger charge is -2.56. The first-order valence-electron chi connectivity index (χ1n) is 10.0. The lowest BCUT2D eigenvalue weighted by Crippen LogP contribution is -2.55. The van der Waals surface area contributed by atoms with Crippen LogP contribution in [0.3, 0.4) is 0 Å². The predicted molar refractivity (Wildman–Crippen MR) is 92.3 cm³/mol. The van der Waals surface area contributed by atoms with Crippen LogP contribution < -0.4 is 5.32 Å². The molecular formula is C20H29N3O. The number of nitrogens with zero attached hydrogens (tertiary/aromatic N) is 2. The molecule has 6 rings (SSSR count). The number of carbonyl (C=O) groups is 1. The third-order valence-corrected chi connectivity index (χ3v) is 7.45. The van der Waals surface area contributed by atoms with Gasteiger partial charge in [-0.05, 0) is 88.0 Å². The summed E-state index contributed by atoms with van der Waals surface area (Å²) in [5, 5.41) is 7.86. The second-order valence-corrected chi connectivity index (χ2v) is 9.16. The average Bonchev–Trinajstić information content (AvgIpc) is 3.09. The second-order valence-electron chi connectivity index (χ2n) is 9.16. The summed E-state index contributed by atoms with van der Waals surface area (Å²) in [6.07, 6.45) is 16.1. The van der Waals surface area contributed by atoms with Gasteiger partial charge in [-0.2, -0.15) is 5.10 Å². The predicted octanol–water partition coefficient (Wildman–Crippen LogP) is 3.70. The molecule has 1 aromatic rings. The fourth-order valence-corrected chi connectivity index (χ4v) is 6.71. The van der Waals surface area contributed by atoms with Crippen LogP contribution in [0.4, 0.5) is 0 Å². The Bertz CT molecular complexity index is 565. The van der Waals surface area contributed by atoms with E-state index in [1.165, 1.54) is 38.5 Å². The first-order chi connectivity index (χ1) is 11.7. The Morgan fingerprint density at radius 3 is 2.17 bits per heavy atom. The Balaban J connectivity index is 1.21. The van der Waals surface area contributed by atoms with Crippen molar-refractivity contribution in [3.63, 3.8) is 0 Å². The standard InChI is InChI=1S/C20H29N3O/c24-19(20-11-14-8-15(12-20)10-16(9-14)13-20)22-17-2-4-18(5-3-17)23-7-1-6-21-23/h1,6-7,14-18H,2-5,8-13H2,(H,22,24). The Hall–Kier alpha value is -1.32. The van der Waals surface area contributed by atoms with Gasteiger partial charge in [-0.3, -0.25) is 9.48 Å². The highest BCUT2D eigenvalue weighted by molar-refractivity contribution is 5.83. The molecule has 0 atom stereocenters. The van der Waals surface area contributed by atoms with Gasteiger partial charge in [0.05, 0.1) is 6.04 Å². The summed E-state index contributed by atoms with van der Waals surface area (Å²) in [6.45, 7) is 0. The number of amides is 1. The molecule has 5 saturated carbocycles. The van der Waals surface area contributed by atoms with Gasteiger partial charge in [0.15, 0.2) is 0 Å². The van der Waals surface area contributed by atoms with Crippen LogP contribution in [0.15, 0.2) is 18.5 Å². The lowest BCUT2D eigenvalue weighted by molar-refractivity contribution is -0.147. The van der Waals surface area contributed by atoms with E-state index in [1.807, 2.05) is 12.3 Å². The monoisotopic (exact) mass is 327 g/mol. The van der Waals surface area contributed by atoms with Gasteiger partial charge in [-0.15, -0.1) is 0 Å². The molecule has 0 radical (unpaired) electrons. The Morgan fingerprint density at radius 2 is 1.62 bits per heavy atom. The van der Waals surface area contributed by atoms with Crippen molar-refractivity contribution in [3.05, 3.63) is 18.5 Å². The molecule has 24 heavy (non-hydrogen) atoms. The largest absolute Gasteiger partial charge is 0.353 e. The minimum Gasteiger partial charge on any atom is -0.353 e. The third kappa shape index (κ3) is 2.49. The number of rotatable bonds is 3. The molecular weight excluding hydrogens is 298 g/mol. The molecule has 130 valence electrons. The molecule has 5 fully saturated rings. The molecule has 0 aromatic carbocycles. The maximum Gasteiger partial charge on any atom is 0.226 e. The van der Waals surface area contributed by atoms with Crippen molar-refractivity contribution in [2.24, 2.45) is 23.2 Å². The molecule has 0 aliphatic heterocycles. The van der Waals surface area contributed by atoms with Gasteiger partial charge in [0.25, 0.3) is 0 Å². The fourth-order valence-electron chi connectivity index (χ4n) is 6.71. The van der Waals surface area contributed by atoms with Crippen LogP contribution >= 0.6 is 0 Å². The van der Waals surface area contributed by atoms with Gasteiger partial charge >= 0.3 is 0 Å². The van der Waals surface area contributed by atoms with Gasteiger partial charge in [-0.25, -0.2) is 0 Å². The van der Waals surface area contributed by atoms with E-state index in [4.69, 9.17) is 0 Å². The van der Waals surface area contributed by atoms with Gasteiger partial charge in [-0.1, -0.05) is 0 Å². The van der Waals surface area contributed by atoms with E-state index in [1.54, 1.807) is 0 Å². The number of hydrogen-bond acceptors (Lipinski definition) is 2. The van der Waals surface area contributed by atoms with E-state index in [2.05, 4.69) is 21.3 Å². The summed E-state index contributed by atoms with van der Waals surface area (Å²) in [6, 6.07) is 2.91. The Labute approximate surface area is 144 Å². The van der Waals surface area contributed by atoms with Crippen molar-refractivity contribution in [2.45, 2.75) is 76.3 Å². The molecule has 4 bridgehead atoms. The fraction of sp³-hybridized carbons (Fsp3) is 0.800. The number of aromatic nitrogens is 2. The minimum absolute atomic E-state index is 0.00752. The molecule has 0 unspecified atom stereocenters. The van der Waals surface area contributed by atoms with E-state index in [-0.39, 0.29) is 5.41 Å². The molecule has 4 heteroatoms. The highest BCUT2D eigenvalue weighted by atomic mass is 16.2. The van der Waals surface area contributed by atoms with Gasteiger partial charge in [0.2, 0.25) is 5.91 Å². The minimum atomic E-state index is 0.00752. The van der Waals surface area contributed by atoms with Crippen molar-refractivity contribution in [1.29, 1.82) is 0 Å². The lowest BCUT2D eigenvalue weighted by atomic mass is 9.49. The zero-order valence-electron chi connectivity index (χ0n) is 14.5. The summed E-state index contributed by atoms with van der Waals surface area (Å²) in [4.78, 5) is 13.1. The molecule has 0 spiro atoms. The smallest absolute Gasteiger partial charge is 0.226 e. The summed E-state index contributed by atoms with van der Waals surface area (Å²) in [7, 11) is 0. The van der Waals surface area contributed by atoms with Crippen molar-refractivity contribution in [2.75, 3.05) is 0 Å². The summed E-state index contributed by atoms with van der Waals surface area (Å²) < 4.78 is 2.09. The quantitative estimate of drug-likeness (QED) is 0.920. The Kier molecular flexibility index (Phi) is 3.50. The van der Waals surface area contributed by atoms with Gasteiger partial charge in [0.1, 0.15) is 0 Å². The summed E-state index contributed by atoms with van der Waals surface area (Å²) in [5.41, 5.74) is 0.00752. The average molecular weight is 327 g/mol. The van der Waals surface area contributed by atoms with Crippen LogP contribution in [-0.4, -0.2) is 21.7 Å². The van der Waals surface area contributed by atoms with Crippen LogP contribution in [0, 0.1) is 23.2 Å². The van der Waals surface area contributed by atoms with Crippen LogP contribution in [0.2, 0.25) is 0 Å². The number of hydrogen-bond donors (Lipinski definition) is 1. The van der Waals surface area contributed by atoms with Crippen LogP contribution in [0.1, 0.15) is 70.3 Å². The zero-order valence-corrected chi connectivity index (χ0v) is 14.5. The van der Waals surface area contributed by atoms with E-state index in [9.17, 15) is 4.79 Å². The summed E-state index contributed by atoms with van der Waals surface area (Å²) >= 11 is 0. The van der Waals surface area contributed by atoms with Gasteiger partial charge in [0, 0.05) is 23.9 Å². The molecule has 1 amide bonds. The van der Waals surface area contributed by atoms with Crippen molar-refractivity contribution >= 4 is 5.91 Å². The van der Waals surface area contributed by atoms with E-state index >= 15 is 0 Å². The molecule has 1 heterocycles. The SMILES string of the molecule is O=C(NC1CCC(n2cccn2)CC1)C12CC3CC(CC(C3)C1)C2. The van der Waals surface area contributed by atoms with Crippen LogP contribution in [-0.2, 0) is 4.79 Å². The first kappa shape index (κ1) is 15.0. The topological polar surface area (TPSA) is 46.9 Å². The maximum absolute atomic E-state index is 13.1. The summed E-state index contributed by atoms with van der Waals surface area (Å²) in [5.74, 6) is 2.94. The molecule has 1 N–H and O–H groups in total. The zero-order chi connectivity index (χ0) is 16.1. The second kappa shape index (κ2) is 5.60. The molecule has 4 nitrogen and oxygen atoms in total. The highest BCUT2D eigenvalue weighted by Gasteiger charge is 2.54.